The smallest absolute Gasteiger partial charge is 0.179 e. The minimum Gasteiger partial charge on any atom is -0.504 e. The van der Waals surface area contributed by atoms with Crippen molar-refractivity contribution in [1.82, 2.24) is 0 Å². The summed E-state index contributed by atoms with van der Waals surface area (Å²) in [6, 6.07) is 0.933. The molecule has 1 atom stereocenters. The highest BCUT2D eigenvalue weighted by molar-refractivity contribution is 6.33. The fourth-order valence-electron chi connectivity index (χ4n) is 1.50. The summed E-state index contributed by atoms with van der Waals surface area (Å²) >= 11 is 6.02. The number of ether oxygens (including phenoxy) is 1. The molecule has 1 aromatic carbocycles. The molecule has 0 aliphatic heterocycles. The Kier molecular flexibility index (Phi) is 3.79. The van der Waals surface area contributed by atoms with Gasteiger partial charge in [0, 0.05) is 0 Å². The molecule has 0 aliphatic rings. The number of nitrogens with two attached hydrogens (primary N) is 1. The Bertz CT molecular complexity index is 368. The second kappa shape index (κ2) is 4.70. The number of phenols is 1. The maximum absolute atomic E-state index is 9.54. The van der Waals surface area contributed by atoms with Crippen molar-refractivity contribution in [1.29, 1.82) is 0 Å². The summed E-state index contributed by atoms with van der Waals surface area (Å²) < 4.78 is 4.95. The maximum atomic E-state index is 9.54. The van der Waals surface area contributed by atoms with Crippen LogP contribution in [0.4, 0.5) is 0 Å². The molecule has 0 aromatic heterocycles. The molecule has 5 heteroatoms. The first-order valence-electron chi connectivity index (χ1n) is 4.45. The highest BCUT2D eigenvalue weighted by Crippen LogP contribution is 2.40. The monoisotopic (exact) mass is 231 g/mol. The van der Waals surface area contributed by atoms with Crippen LogP contribution in [0, 0.1) is 6.92 Å². The summed E-state index contributed by atoms with van der Waals surface area (Å²) in [7, 11) is 1.41. The molecule has 0 amide bonds. The average molecular weight is 232 g/mol. The average Bonchev–Trinajstić information content (AvgIpc) is 2.17. The van der Waals surface area contributed by atoms with Gasteiger partial charge >= 0.3 is 0 Å². The topological polar surface area (TPSA) is 75.7 Å². The number of aryl methyl sites for hydroxylation is 1. The minimum atomic E-state index is -0.577. The third-order valence-corrected chi connectivity index (χ3v) is 2.59. The maximum Gasteiger partial charge on any atom is 0.179 e. The third kappa shape index (κ3) is 2.17. The largest absolute Gasteiger partial charge is 0.504 e. The Hall–Kier alpha value is -0.970. The molecule has 84 valence electrons. The number of benzene rings is 1. The van der Waals surface area contributed by atoms with E-state index in [1.807, 2.05) is 0 Å². The molecule has 0 saturated heterocycles. The van der Waals surface area contributed by atoms with Crippen LogP contribution in [0.15, 0.2) is 6.07 Å². The lowest BCUT2D eigenvalue weighted by Crippen LogP contribution is -2.16. The van der Waals surface area contributed by atoms with Crippen LogP contribution in [0.1, 0.15) is 17.2 Å². The number of methoxy groups -OCH3 is 1. The van der Waals surface area contributed by atoms with Crippen LogP contribution in [0.3, 0.4) is 0 Å². The van der Waals surface area contributed by atoms with Gasteiger partial charge in [-0.2, -0.15) is 0 Å². The highest BCUT2D eigenvalue weighted by atomic mass is 35.5. The van der Waals surface area contributed by atoms with Gasteiger partial charge in [0.15, 0.2) is 11.5 Å². The van der Waals surface area contributed by atoms with E-state index >= 15 is 0 Å². The van der Waals surface area contributed by atoms with Crippen LogP contribution in [0.2, 0.25) is 5.02 Å². The highest BCUT2D eigenvalue weighted by Gasteiger charge is 2.19. The second-order valence-electron chi connectivity index (χ2n) is 3.26. The van der Waals surface area contributed by atoms with E-state index in [4.69, 9.17) is 27.2 Å². The molecule has 1 unspecified atom stereocenters. The second-order valence-corrected chi connectivity index (χ2v) is 3.64. The summed E-state index contributed by atoms with van der Waals surface area (Å²) in [6.45, 7) is 1.55. The van der Waals surface area contributed by atoms with Crippen molar-refractivity contribution in [3.63, 3.8) is 0 Å². The minimum absolute atomic E-state index is 0.0334. The lowest BCUT2D eigenvalue weighted by molar-refractivity contribution is 0.267. The van der Waals surface area contributed by atoms with Crippen molar-refractivity contribution < 1.29 is 14.9 Å². The summed E-state index contributed by atoms with van der Waals surface area (Å²) in [4.78, 5) is 0. The van der Waals surface area contributed by atoms with Crippen LogP contribution < -0.4 is 10.5 Å². The Labute approximate surface area is 93.2 Å². The molecule has 0 saturated carbocycles. The van der Waals surface area contributed by atoms with Crippen molar-refractivity contribution >= 4 is 11.6 Å². The molecule has 15 heavy (non-hydrogen) atoms. The van der Waals surface area contributed by atoms with E-state index in [0.717, 1.165) is 5.56 Å². The molecule has 0 heterocycles. The quantitative estimate of drug-likeness (QED) is 0.734. The number of halogens is 1. The molecule has 0 radical (unpaired) electrons. The van der Waals surface area contributed by atoms with Crippen LogP contribution >= 0.6 is 11.6 Å². The number of aliphatic hydroxyl groups excluding tert-OH is 1. The number of rotatable bonds is 3. The lowest BCUT2D eigenvalue weighted by Gasteiger charge is -2.17. The van der Waals surface area contributed by atoms with Crippen molar-refractivity contribution in [3.05, 3.63) is 22.2 Å². The Morgan fingerprint density at radius 3 is 2.67 bits per heavy atom. The number of phenolic OH excluding ortho intramolecular Hbond substituents is 1. The van der Waals surface area contributed by atoms with Crippen molar-refractivity contribution in [3.8, 4) is 11.5 Å². The van der Waals surface area contributed by atoms with Crippen LogP contribution in [-0.4, -0.2) is 23.9 Å². The fraction of sp³-hybridized carbons (Fsp3) is 0.400. The van der Waals surface area contributed by atoms with E-state index in [1.165, 1.54) is 13.2 Å². The van der Waals surface area contributed by atoms with E-state index in [0.29, 0.717) is 5.56 Å². The van der Waals surface area contributed by atoms with Gasteiger partial charge in [-0.3, -0.25) is 0 Å². The Morgan fingerprint density at radius 2 is 2.20 bits per heavy atom. The van der Waals surface area contributed by atoms with E-state index in [2.05, 4.69) is 0 Å². The molecule has 1 rings (SSSR count). The van der Waals surface area contributed by atoms with E-state index < -0.39 is 6.04 Å². The summed E-state index contributed by atoms with van der Waals surface area (Å²) in [5.41, 5.74) is 7.01. The number of hydrogen-bond donors (Lipinski definition) is 3. The zero-order chi connectivity index (χ0) is 11.6. The van der Waals surface area contributed by atoms with Crippen LogP contribution in [0.25, 0.3) is 0 Å². The summed E-state index contributed by atoms with van der Waals surface area (Å²) in [5, 5.41) is 18.8. The first kappa shape index (κ1) is 12.1. The molecular formula is C10H14ClNO3. The fourth-order valence-corrected chi connectivity index (χ4v) is 1.96. The van der Waals surface area contributed by atoms with Crippen molar-refractivity contribution in [2.24, 2.45) is 5.73 Å². The number of hydrogen-bond acceptors (Lipinski definition) is 4. The normalized spacial score (nSPS) is 12.6. The molecule has 4 N–H and O–H groups in total. The first-order chi connectivity index (χ1) is 7.02. The van der Waals surface area contributed by atoms with Gasteiger partial charge in [0.2, 0.25) is 0 Å². The van der Waals surface area contributed by atoms with Gasteiger partial charge in [0.25, 0.3) is 0 Å². The van der Waals surface area contributed by atoms with Gasteiger partial charge in [-0.05, 0) is 24.1 Å². The van der Waals surface area contributed by atoms with Gasteiger partial charge in [0.1, 0.15) is 0 Å². The predicted octanol–water partition coefficient (Wildman–Crippen LogP) is 1.35. The SMILES string of the molecule is COc1c(O)cc(C)c(C(N)CO)c1Cl. The number of aromatic hydroxyl groups is 1. The van der Waals surface area contributed by atoms with E-state index in [9.17, 15) is 5.11 Å². The lowest BCUT2D eigenvalue weighted by atomic mass is 10.0. The standard InChI is InChI=1S/C10H14ClNO3/c1-5-3-7(14)10(15-2)9(11)8(5)6(12)4-13/h3,6,13-14H,4,12H2,1-2H3. The summed E-state index contributed by atoms with van der Waals surface area (Å²) in [6.07, 6.45) is 0. The summed E-state index contributed by atoms with van der Waals surface area (Å²) in [5.74, 6) is 0.148. The first-order valence-corrected chi connectivity index (χ1v) is 4.83. The molecule has 0 fully saturated rings. The zero-order valence-electron chi connectivity index (χ0n) is 8.62. The zero-order valence-corrected chi connectivity index (χ0v) is 9.38. The van der Waals surface area contributed by atoms with E-state index in [1.54, 1.807) is 6.92 Å². The van der Waals surface area contributed by atoms with Gasteiger partial charge < -0.3 is 20.7 Å². The Balaban J connectivity index is 3.38. The molecule has 0 bridgehead atoms. The Morgan fingerprint density at radius 1 is 1.60 bits per heavy atom. The van der Waals surface area contributed by atoms with E-state index in [-0.39, 0.29) is 23.1 Å². The molecule has 0 aliphatic carbocycles. The number of aliphatic hydroxyl groups is 1. The van der Waals surface area contributed by atoms with Gasteiger partial charge in [0.05, 0.1) is 24.8 Å². The van der Waals surface area contributed by atoms with Crippen molar-refractivity contribution in [2.75, 3.05) is 13.7 Å². The van der Waals surface area contributed by atoms with Gasteiger partial charge in [-0.25, -0.2) is 0 Å². The predicted molar refractivity (Wildman–Crippen MR) is 58.4 cm³/mol. The van der Waals surface area contributed by atoms with Crippen LogP contribution in [-0.2, 0) is 0 Å². The van der Waals surface area contributed by atoms with Gasteiger partial charge in [-0.1, -0.05) is 11.6 Å². The van der Waals surface area contributed by atoms with Crippen LogP contribution in [0.5, 0.6) is 11.5 Å². The molecule has 0 spiro atoms. The molecular weight excluding hydrogens is 218 g/mol. The molecule has 1 aromatic rings. The molecule has 4 nitrogen and oxygen atoms in total. The van der Waals surface area contributed by atoms with Crippen molar-refractivity contribution in [2.45, 2.75) is 13.0 Å². The van der Waals surface area contributed by atoms with Gasteiger partial charge in [-0.15, -0.1) is 0 Å². The third-order valence-electron chi connectivity index (χ3n) is 2.22.